The smallest absolute Gasteiger partial charge is 0.246 e. The van der Waals surface area contributed by atoms with E-state index in [9.17, 15) is 14.7 Å². The zero-order valence-electron chi connectivity index (χ0n) is 18.7. The van der Waals surface area contributed by atoms with Crippen molar-refractivity contribution in [1.82, 2.24) is 9.88 Å². The van der Waals surface area contributed by atoms with Crippen LogP contribution in [0.1, 0.15) is 23.8 Å². The first-order valence-electron chi connectivity index (χ1n) is 10.2. The molecule has 0 bridgehead atoms. The quantitative estimate of drug-likeness (QED) is 0.349. The van der Waals surface area contributed by atoms with Crippen LogP contribution in [0.2, 0.25) is 0 Å². The summed E-state index contributed by atoms with van der Waals surface area (Å²) < 4.78 is 5.90. The maximum Gasteiger partial charge on any atom is 0.246 e. The molecule has 32 heavy (non-hydrogen) atoms. The molecule has 0 spiro atoms. The van der Waals surface area contributed by atoms with Crippen molar-refractivity contribution in [2.24, 2.45) is 0 Å². The lowest BCUT2D eigenvalue weighted by molar-refractivity contribution is -0.125. The van der Waals surface area contributed by atoms with Crippen LogP contribution in [-0.4, -0.2) is 53.4 Å². The van der Waals surface area contributed by atoms with Crippen molar-refractivity contribution in [2.75, 3.05) is 31.3 Å². The molecule has 0 aliphatic rings. The summed E-state index contributed by atoms with van der Waals surface area (Å²) in [6.07, 6.45) is 5.25. The molecular weight excluding hydrogens is 408 g/mol. The number of aldehydes is 1. The van der Waals surface area contributed by atoms with Crippen LogP contribution < -0.4 is 10.6 Å². The number of hydrogen-bond acceptors (Lipinski definition) is 7. The Morgan fingerprint density at radius 2 is 2.09 bits per heavy atom. The molecule has 0 aliphatic heterocycles. The standard InChI is InChI=1S/C24H28N4O4/c1-16-18-7-5-6-8-20(18)32-21(16)13-28(4)22(30)10-9-17-11-19(23(25-3)26-12-17)27-14-24(2,31)15-29/h5-12,15,27,31H,13-14H2,1-4H3,(H,25,26)/b10-9+/t24-/m1/s1. The van der Waals surface area contributed by atoms with E-state index in [1.54, 1.807) is 37.3 Å². The van der Waals surface area contributed by atoms with Crippen LogP contribution in [0.25, 0.3) is 17.0 Å². The first-order valence-corrected chi connectivity index (χ1v) is 10.2. The zero-order chi connectivity index (χ0) is 23.3. The Morgan fingerprint density at radius 3 is 2.78 bits per heavy atom. The van der Waals surface area contributed by atoms with E-state index in [4.69, 9.17) is 4.42 Å². The highest BCUT2D eigenvalue weighted by Crippen LogP contribution is 2.26. The number of rotatable bonds is 9. The molecule has 2 aromatic heterocycles. The van der Waals surface area contributed by atoms with Crippen LogP contribution in [0.3, 0.4) is 0 Å². The monoisotopic (exact) mass is 436 g/mol. The molecule has 8 heteroatoms. The minimum Gasteiger partial charge on any atom is -0.459 e. The van der Waals surface area contributed by atoms with Gasteiger partial charge in [-0.15, -0.1) is 0 Å². The fourth-order valence-corrected chi connectivity index (χ4v) is 3.19. The van der Waals surface area contributed by atoms with Crippen LogP contribution in [0.4, 0.5) is 11.5 Å². The van der Waals surface area contributed by atoms with Gasteiger partial charge in [0.15, 0.2) is 6.29 Å². The van der Waals surface area contributed by atoms with E-state index in [2.05, 4.69) is 15.6 Å². The molecule has 0 saturated heterocycles. The fourth-order valence-electron chi connectivity index (χ4n) is 3.19. The average Bonchev–Trinajstić information content (AvgIpc) is 3.11. The van der Waals surface area contributed by atoms with Gasteiger partial charge in [-0.05, 0) is 37.6 Å². The summed E-state index contributed by atoms with van der Waals surface area (Å²) in [7, 11) is 3.44. The summed E-state index contributed by atoms with van der Waals surface area (Å²) in [6.45, 7) is 3.79. The average molecular weight is 437 g/mol. The Labute approximate surface area is 186 Å². The van der Waals surface area contributed by atoms with Gasteiger partial charge in [-0.3, -0.25) is 4.79 Å². The van der Waals surface area contributed by atoms with Crippen molar-refractivity contribution < 1.29 is 19.1 Å². The number of benzene rings is 1. The molecule has 3 N–H and O–H groups in total. The Balaban J connectivity index is 1.70. The SMILES string of the molecule is CNc1ncc(/C=C/C(=O)N(C)Cc2oc3ccccc3c2C)cc1NC[C@@](C)(O)C=O. The molecule has 3 aromatic rings. The highest BCUT2D eigenvalue weighted by atomic mass is 16.3. The van der Waals surface area contributed by atoms with E-state index < -0.39 is 5.60 Å². The van der Waals surface area contributed by atoms with Crippen molar-refractivity contribution in [3.8, 4) is 0 Å². The molecule has 3 rings (SSSR count). The van der Waals surface area contributed by atoms with E-state index in [0.717, 1.165) is 22.3 Å². The van der Waals surface area contributed by atoms with Gasteiger partial charge in [-0.1, -0.05) is 18.2 Å². The fraction of sp³-hybridized carbons (Fsp3) is 0.292. The molecule has 1 amide bonds. The number of nitrogens with zero attached hydrogens (tertiary/aromatic N) is 2. The Bertz CT molecular complexity index is 1150. The van der Waals surface area contributed by atoms with E-state index in [0.29, 0.717) is 29.9 Å². The third kappa shape index (κ3) is 5.33. The molecule has 1 aromatic carbocycles. The van der Waals surface area contributed by atoms with Gasteiger partial charge in [0, 0.05) is 37.3 Å². The van der Waals surface area contributed by atoms with Gasteiger partial charge < -0.3 is 29.9 Å². The van der Waals surface area contributed by atoms with Gasteiger partial charge in [0.2, 0.25) is 5.91 Å². The highest BCUT2D eigenvalue weighted by molar-refractivity contribution is 5.92. The molecule has 2 heterocycles. The first kappa shape index (κ1) is 23.0. The third-order valence-corrected chi connectivity index (χ3v) is 5.15. The van der Waals surface area contributed by atoms with E-state index >= 15 is 0 Å². The Kier molecular flexibility index (Phi) is 6.95. The molecular formula is C24H28N4O4. The highest BCUT2D eigenvalue weighted by Gasteiger charge is 2.19. The summed E-state index contributed by atoms with van der Waals surface area (Å²) in [4.78, 5) is 29.5. The minimum atomic E-state index is -1.50. The minimum absolute atomic E-state index is 0.0263. The van der Waals surface area contributed by atoms with E-state index in [-0.39, 0.29) is 12.5 Å². The second kappa shape index (κ2) is 9.65. The number of hydrogen-bond donors (Lipinski definition) is 3. The molecule has 0 fully saturated rings. The van der Waals surface area contributed by atoms with Crippen LogP contribution in [0, 0.1) is 6.92 Å². The number of carbonyl (C=O) groups is 2. The summed E-state index contributed by atoms with van der Waals surface area (Å²) in [5, 5.41) is 16.9. The number of para-hydroxylation sites is 1. The number of fused-ring (bicyclic) bond motifs is 1. The van der Waals surface area contributed by atoms with Gasteiger partial charge in [-0.2, -0.15) is 0 Å². The van der Waals surface area contributed by atoms with Gasteiger partial charge in [-0.25, -0.2) is 4.98 Å². The van der Waals surface area contributed by atoms with Gasteiger partial charge in [0.05, 0.1) is 18.8 Å². The molecule has 0 radical (unpaired) electrons. The van der Waals surface area contributed by atoms with Crippen molar-refractivity contribution in [1.29, 1.82) is 0 Å². The number of likely N-dealkylation sites (N-methyl/N-ethyl adjacent to an activating group) is 1. The van der Waals surface area contributed by atoms with Crippen LogP contribution in [0.15, 0.2) is 47.0 Å². The second-order valence-electron chi connectivity index (χ2n) is 7.92. The van der Waals surface area contributed by atoms with Crippen LogP contribution in [-0.2, 0) is 16.1 Å². The molecule has 8 nitrogen and oxygen atoms in total. The number of anilines is 2. The molecule has 0 saturated carbocycles. The van der Waals surface area contributed by atoms with Crippen molar-refractivity contribution in [2.45, 2.75) is 26.0 Å². The number of aromatic nitrogens is 1. The Morgan fingerprint density at radius 1 is 1.34 bits per heavy atom. The van der Waals surface area contributed by atoms with Crippen LogP contribution in [0.5, 0.6) is 0 Å². The largest absolute Gasteiger partial charge is 0.459 e. The second-order valence-corrected chi connectivity index (χ2v) is 7.92. The number of aryl methyl sites for hydroxylation is 1. The summed E-state index contributed by atoms with van der Waals surface area (Å²) in [6, 6.07) is 9.58. The molecule has 0 aliphatic carbocycles. The van der Waals surface area contributed by atoms with Gasteiger partial charge >= 0.3 is 0 Å². The number of amides is 1. The van der Waals surface area contributed by atoms with Crippen molar-refractivity contribution in [3.05, 3.63) is 59.5 Å². The molecule has 168 valence electrons. The van der Waals surface area contributed by atoms with Crippen molar-refractivity contribution in [3.63, 3.8) is 0 Å². The van der Waals surface area contributed by atoms with E-state index in [1.165, 1.54) is 13.0 Å². The van der Waals surface area contributed by atoms with Gasteiger partial charge in [0.1, 0.15) is 22.8 Å². The number of furan rings is 1. The lowest BCUT2D eigenvalue weighted by atomic mass is 10.1. The lowest BCUT2D eigenvalue weighted by Crippen LogP contribution is -2.35. The Hall–Kier alpha value is -3.65. The first-order chi connectivity index (χ1) is 15.2. The maximum absolute atomic E-state index is 12.6. The number of carbonyl (C=O) groups excluding carboxylic acids is 2. The molecule has 1 atom stereocenters. The predicted molar refractivity (Wildman–Crippen MR) is 125 cm³/mol. The lowest BCUT2D eigenvalue weighted by Gasteiger charge is -2.19. The summed E-state index contributed by atoms with van der Waals surface area (Å²) in [5.41, 5.74) is 1.64. The van der Waals surface area contributed by atoms with Gasteiger partial charge in [0.25, 0.3) is 0 Å². The van der Waals surface area contributed by atoms with Crippen LogP contribution >= 0.6 is 0 Å². The topological polar surface area (TPSA) is 108 Å². The normalized spacial score (nSPS) is 13.2. The predicted octanol–water partition coefficient (Wildman–Crippen LogP) is 3.21. The number of pyridine rings is 1. The number of nitrogens with one attached hydrogen (secondary N) is 2. The molecule has 0 unspecified atom stereocenters. The van der Waals surface area contributed by atoms with Crippen molar-refractivity contribution >= 4 is 40.7 Å². The number of aliphatic hydroxyl groups is 1. The third-order valence-electron chi connectivity index (χ3n) is 5.15. The maximum atomic E-state index is 12.6. The summed E-state index contributed by atoms with van der Waals surface area (Å²) in [5.74, 6) is 1.14. The zero-order valence-corrected chi connectivity index (χ0v) is 18.7. The van der Waals surface area contributed by atoms with E-state index in [1.807, 2.05) is 31.2 Å². The summed E-state index contributed by atoms with van der Waals surface area (Å²) >= 11 is 0.